The van der Waals surface area contributed by atoms with Gasteiger partial charge in [-0.3, -0.25) is 0 Å². The summed E-state index contributed by atoms with van der Waals surface area (Å²) in [6.07, 6.45) is 1.19. The van der Waals surface area contributed by atoms with E-state index in [0.29, 0.717) is 35.3 Å². The highest BCUT2D eigenvalue weighted by Crippen LogP contribution is 2.61. The van der Waals surface area contributed by atoms with Gasteiger partial charge in [-0.25, -0.2) is 8.42 Å². The van der Waals surface area contributed by atoms with Crippen LogP contribution in [0.25, 0.3) is 0 Å². The molecule has 6 atom stereocenters. The van der Waals surface area contributed by atoms with Crippen LogP contribution in [0.5, 0.6) is 0 Å². The standard InChI is InChI=1S/C10H16O2S/c1-5-7-3-8-9(5)4-13(11,12)10(8)6(7)2/h5-10H,3-4H2,1-2H3. The van der Waals surface area contributed by atoms with Gasteiger partial charge in [0.2, 0.25) is 0 Å². The van der Waals surface area contributed by atoms with Crippen LogP contribution in [0, 0.1) is 29.6 Å². The van der Waals surface area contributed by atoms with Gasteiger partial charge in [-0.05, 0) is 36.0 Å². The second kappa shape index (κ2) is 2.13. The van der Waals surface area contributed by atoms with E-state index in [1.807, 2.05) is 0 Å². The lowest BCUT2D eigenvalue weighted by Crippen LogP contribution is -2.31. The van der Waals surface area contributed by atoms with Crippen LogP contribution in [0.15, 0.2) is 0 Å². The van der Waals surface area contributed by atoms with Crippen molar-refractivity contribution >= 4 is 9.84 Å². The van der Waals surface area contributed by atoms with E-state index in [2.05, 4.69) is 13.8 Å². The first kappa shape index (κ1) is 8.27. The number of rotatable bonds is 0. The van der Waals surface area contributed by atoms with Crippen molar-refractivity contribution in [3.8, 4) is 0 Å². The quantitative estimate of drug-likeness (QED) is 0.591. The molecule has 1 aliphatic heterocycles. The van der Waals surface area contributed by atoms with Gasteiger partial charge < -0.3 is 0 Å². The van der Waals surface area contributed by atoms with Crippen molar-refractivity contribution in [2.24, 2.45) is 29.6 Å². The largest absolute Gasteiger partial charge is 0.229 e. The van der Waals surface area contributed by atoms with Gasteiger partial charge in [0.05, 0.1) is 11.0 Å². The van der Waals surface area contributed by atoms with Crippen LogP contribution in [0.3, 0.4) is 0 Å². The molecule has 0 aromatic heterocycles. The highest BCUT2D eigenvalue weighted by atomic mass is 32.2. The summed E-state index contributed by atoms with van der Waals surface area (Å²) < 4.78 is 23.7. The van der Waals surface area contributed by atoms with Crippen LogP contribution in [-0.2, 0) is 9.84 Å². The Hall–Kier alpha value is -0.0500. The van der Waals surface area contributed by atoms with Crippen molar-refractivity contribution in [1.29, 1.82) is 0 Å². The lowest BCUT2D eigenvalue weighted by molar-refractivity contribution is 0.226. The van der Waals surface area contributed by atoms with E-state index in [-0.39, 0.29) is 5.25 Å². The Morgan fingerprint density at radius 2 is 1.69 bits per heavy atom. The predicted molar refractivity (Wildman–Crippen MR) is 51.0 cm³/mol. The molecular formula is C10H16O2S. The number of fused-ring (bicyclic) bond motifs is 1. The summed E-state index contributed by atoms with van der Waals surface area (Å²) in [7, 11) is -2.71. The average molecular weight is 200 g/mol. The maximum absolute atomic E-state index is 11.8. The van der Waals surface area contributed by atoms with Gasteiger partial charge in [-0.1, -0.05) is 13.8 Å². The zero-order valence-corrected chi connectivity index (χ0v) is 8.92. The molecule has 3 fully saturated rings. The van der Waals surface area contributed by atoms with E-state index in [0.717, 1.165) is 0 Å². The maximum Gasteiger partial charge on any atom is 0.154 e. The van der Waals surface area contributed by atoms with Crippen LogP contribution < -0.4 is 0 Å². The van der Waals surface area contributed by atoms with Crippen LogP contribution in [0.4, 0.5) is 0 Å². The molecule has 0 spiro atoms. The normalized spacial score (nSPS) is 61.7. The Morgan fingerprint density at radius 1 is 1.00 bits per heavy atom. The second-order valence-electron chi connectivity index (χ2n) is 5.24. The molecule has 3 heteroatoms. The zero-order valence-electron chi connectivity index (χ0n) is 8.10. The Labute approximate surface area is 79.6 Å². The molecule has 2 aliphatic carbocycles. The SMILES string of the molecule is CC1C2CC3C1CS(=O)(=O)C3C2C. The van der Waals surface area contributed by atoms with E-state index in [4.69, 9.17) is 0 Å². The Balaban J connectivity index is 2.14. The minimum Gasteiger partial charge on any atom is -0.229 e. The van der Waals surface area contributed by atoms with Crippen LogP contribution >= 0.6 is 0 Å². The van der Waals surface area contributed by atoms with E-state index in [9.17, 15) is 8.42 Å². The lowest BCUT2D eigenvalue weighted by atomic mass is 9.76. The van der Waals surface area contributed by atoms with Gasteiger partial charge in [0.25, 0.3) is 0 Å². The van der Waals surface area contributed by atoms with Gasteiger partial charge in [-0.15, -0.1) is 0 Å². The average Bonchev–Trinajstić information content (AvgIpc) is 2.54. The molecule has 6 unspecified atom stereocenters. The summed E-state index contributed by atoms with van der Waals surface area (Å²) >= 11 is 0. The van der Waals surface area contributed by atoms with Crippen LogP contribution in [0.1, 0.15) is 20.3 Å². The van der Waals surface area contributed by atoms with Crippen molar-refractivity contribution < 1.29 is 8.42 Å². The lowest BCUT2D eigenvalue weighted by Gasteiger charge is -2.28. The summed E-state index contributed by atoms with van der Waals surface area (Å²) in [5, 5.41) is 0.0405. The summed E-state index contributed by atoms with van der Waals surface area (Å²) in [6.45, 7) is 4.40. The molecular weight excluding hydrogens is 184 g/mol. The maximum atomic E-state index is 11.8. The van der Waals surface area contributed by atoms with Crippen molar-refractivity contribution in [2.75, 3.05) is 5.75 Å². The minimum absolute atomic E-state index is 0.0405. The third kappa shape index (κ3) is 0.780. The molecule has 0 aromatic rings. The minimum atomic E-state index is -2.71. The highest BCUT2D eigenvalue weighted by molar-refractivity contribution is 7.92. The first-order valence-corrected chi connectivity index (χ1v) is 6.95. The molecule has 3 rings (SSSR count). The first-order valence-electron chi connectivity index (χ1n) is 5.24. The van der Waals surface area contributed by atoms with Gasteiger partial charge in [0, 0.05) is 0 Å². The summed E-state index contributed by atoms with van der Waals surface area (Å²) in [6, 6.07) is 0. The molecule has 13 heavy (non-hydrogen) atoms. The molecule has 1 saturated heterocycles. The first-order chi connectivity index (χ1) is 6.02. The summed E-state index contributed by atoms with van der Waals surface area (Å²) in [5.74, 6) is 3.33. The molecule has 0 aromatic carbocycles. The van der Waals surface area contributed by atoms with Gasteiger partial charge in [-0.2, -0.15) is 0 Å². The van der Waals surface area contributed by atoms with E-state index >= 15 is 0 Å². The molecule has 2 nitrogen and oxygen atoms in total. The van der Waals surface area contributed by atoms with Gasteiger partial charge in [0.15, 0.2) is 9.84 Å². The van der Waals surface area contributed by atoms with Crippen molar-refractivity contribution in [3.63, 3.8) is 0 Å². The third-order valence-corrected chi connectivity index (χ3v) is 7.36. The van der Waals surface area contributed by atoms with E-state index < -0.39 is 9.84 Å². The molecule has 0 N–H and O–H groups in total. The fourth-order valence-corrected chi connectivity index (χ4v) is 7.37. The Bertz CT molecular complexity index is 346. The molecule has 1 heterocycles. The van der Waals surface area contributed by atoms with E-state index in [1.165, 1.54) is 6.42 Å². The van der Waals surface area contributed by atoms with Gasteiger partial charge >= 0.3 is 0 Å². The zero-order chi connectivity index (χ0) is 9.38. The van der Waals surface area contributed by atoms with Crippen molar-refractivity contribution in [2.45, 2.75) is 25.5 Å². The van der Waals surface area contributed by atoms with Crippen molar-refractivity contribution in [1.82, 2.24) is 0 Å². The van der Waals surface area contributed by atoms with E-state index in [1.54, 1.807) is 0 Å². The smallest absolute Gasteiger partial charge is 0.154 e. The molecule has 3 aliphatic rings. The Kier molecular flexibility index (Phi) is 1.35. The van der Waals surface area contributed by atoms with Crippen LogP contribution in [0.2, 0.25) is 0 Å². The molecule has 74 valence electrons. The van der Waals surface area contributed by atoms with Gasteiger partial charge in [0.1, 0.15) is 0 Å². The second-order valence-corrected chi connectivity index (χ2v) is 7.44. The third-order valence-electron chi connectivity index (χ3n) is 4.90. The Morgan fingerprint density at radius 3 is 2.31 bits per heavy atom. The van der Waals surface area contributed by atoms with Crippen molar-refractivity contribution in [3.05, 3.63) is 0 Å². The number of hydrogen-bond donors (Lipinski definition) is 0. The summed E-state index contributed by atoms with van der Waals surface area (Å²) in [4.78, 5) is 0. The molecule has 0 amide bonds. The highest BCUT2D eigenvalue weighted by Gasteiger charge is 2.64. The van der Waals surface area contributed by atoms with Crippen LogP contribution in [-0.4, -0.2) is 19.4 Å². The monoisotopic (exact) mass is 200 g/mol. The molecule has 2 saturated carbocycles. The molecule has 2 bridgehead atoms. The topological polar surface area (TPSA) is 34.1 Å². The fraction of sp³-hybridized carbons (Fsp3) is 1.00. The number of hydrogen-bond acceptors (Lipinski definition) is 2. The molecule has 0 radical (unpaired) electrons. The summed E-state index contributed by atoms with van der Waals surface area (Å²) in [5.41, 5.74) is 0. The predicted octanol–water partition coefficient (Wildman–Crippen LogP) is 1.32. The fourth-order valence-electron chi connectivity index (χ4n) is 4.36. The number of sulfone groups is 1.